The van der Waals surface area contributed by atoms with E-state index in [1.807, 2.05) is 12.1 Å². The molecule has 6 heteroatoms. The molecule has 1 unspecified atom stereocenters. The van der Waals surface area contributed by atoms with Gasteiger partial charge in [-0.15, -0.1) is 0 Å². The number of rotatable bonds is 6. The molecular weight excluding hydrogens is 432 g/mol. The first-order valence-corrected chi connectivity index (χ1v) is 12.3. The predicted octanol–water partition coefficient (Wildman–Crippen LogP) is 5.08. The van der Waals surface area contributed by atoms with E-state index in [0.717, 1.165) is 64.2 Å². The molecule has 184 valence electrons. The van der Waals surface area contributed by atoms with Crippen molar-refractivity contribution < 1.29 is 30.0 Å². The minimum Gasteiger partial charge on any atom is -0.479 e. The van der Waals surface area contributed by atoms with Crippen molar-refractivity contribution in [1.82, 2.24) is 0 Å². The molecule has 34 heavy (non-hydrogen) atoms. The van der Waals surface area contributed by atoms with Crippen LogP contribution in [0.25, 0.3) is 0 Å². The lowest BCUT2D eigenvalue weighted by Gasteiger charge is -2.35. The van der Waals surface area contributed by atoms with Crippen molar-refractivity contribution in [2.24, 2.45) is 11.8 Å². The fraction of sp³-hybridized carbons (Fsp3) is 0.500. The zero-order valence-corrected chi connectivity index (χ0v) is 19.6. The lowest BCUT2D eigenvalue weighted by molar-refractivity contribution is -0.169. The van der Waals surface area contributed by atoms with E-state index in [-0.39, 0.29) is 11.8 Å². The topological polar surface area (TPSA) is 115 Å². The molecule has 0 amide bonds. The third-order valence-electron chi connectivity index (χ3n) is 7.47. The Morgan fingerprint density at radius 1 is 0.559 bits per heavy atom. The van der Waals surface area contributed by atoms with Gasteiger partial charge >= 0.3 is 11.9 Å². The molecule has 0 aromatic heterocycles. The van der Waals surface area contributed by atoms with E-state index in [0.29, 0.717) is 11.1 Å². The van der Waals surface area contributed by atoms with Gasteiger partial charge in [0.2, 0.25) is 0 Å². The van der Waals surface area contributed by atoms with Crippen LogP contribution in [0, 0.1) is 11.8 Å². The Morgan fingerprint density at radius 2 is 0.853 bits per heavy atom. The molecule has 2 atom stereocenters. The summed E-state index contributed by atoms with van der Waals surface area (Å²) < 4.78 is 0. The van der Waals surface area contributed by atoms with Crippen molar-refractivity contribution in [3.8, 4) is 0 Å². The summed E-state index contributed by atoms with van der Waals surface area (Å²) in [5, 5.41) is 39.9. The Balaban J connectivity index is 0.000000191. The Bertz CT molecular complexity index is 841. The summed E-state index contributed by atoms with van der Waals surface area (Å²) in [7, 11) is 0. The Hall–Kier alpha value is -2.70. The number of carboxylic acid groups (broad SMARTS) is 2. The van der Waals surface area contributed by atoms with Gasteiger partial charge in [-0.05, 0) is 36.8 Å². The molecule has 0 bridgehead atoms. The van der Waals surface area contributed by atoms with Crippen LogP contribution in [-0.2, 0) is 20.8 Å². The van der Waals surface area contributed by atoms with E-state index in [9.17, 15) is 30.0 Å². The van der Waals surface area contributed by atoms with Crippen LogP contribution in [0.1, 0.15) is 75.3 Å². The molecule has 4 rings (SSSR count). The molecule has 6 nitrogen and oxygen atoms in total. The second-order valence-corrected chi connectivity index (χ2v) is 9.54. The molecule has 2 aromatic rings. The fourth-order valence-corrected chi connectivity index (χ4v) is 5.49. The number of benzene rings is 2. The summed E-state index contributed by atoms with van der Waals surface area (Å²) >= 11 is 0. The van der Waals surface area contributed by atoms with Gasteiger partial charge in [0, 0.05) is 11.8 Å². The zero-order chi connectivity index (χ0) is 24.6. The van der Waals surface area contributed by atoms with Crippen LogP contribution in [0.4, 0.5) is 0 Å². The van der Waals surface area contributed by atoms with Crippen molar-refractivity contribution in [3.05, 3.63) is 71.8 Å². The SMILES string of the molecule is O=C(O)C(O)(c1ccccc1)C1CCCCC1.O=C(O)[C@@](O)(c1ccccc1)C1CCCCC1. The third kappa shape index (κ3) is 5.50. The van der Waals surface area contributed by atoms with Crippen LogP contribution in [0.3, 0.4) is 0 Å². The van der Waals surface area contributed by atoms with Gasteiger partial charge in [-0.2, -0.15) is 0 Å². The Labute approximate surface area is 201 Å². The summed E-state index contributed by atoms with van der Waals surface area (Å²) in [6.07, 6.45) is 9.47. The average Bonchev–Trinajstić information content (AvgIpc) is 2.90. The molecule has 2 fully saturated rings. The normalized spacial score (nSPS) is 20.8. The highest BCUT2D eigenvalue weighted by molar-refractivity contribution is 5.80. The molecule has 2 aliphatic carbocycles. The fourth-order valence-electron chi connectivity index (χ4n) is 5.49. The monoisotopic (exact) mass is 468 g/mol. The van der Waals surface area contributed by atoms with Crippen LogP contribution in [0.5, 0.6) is 0 Å². The number of hydrogen-bond donors (Lipinski definition) is 4. The van der Waals surface area contributed by atoms with E-state index < -0.39 is 23.1 Å². The summed E-state index contributed by atoms with van der Waals surface area (Å²) in [5.74, 6) is -2.60. The van der Waals surface area contributed by atoms with E-state index >= 15 is 0 Å². The highest BCUT2D eigenvalue weighted by Gasteiger charge is 2.46. The standard InChI is InChI=1S/2C14H18O3/c2*15-13(16)14(17,11-7-3-1-4-8-11)12-9-5-2-6-10-12/h2*1,3-4,7-8,12,17H,2,5-6,9-10H2,(H,15,16)/t14-;/m1./s1. The van der Waals surface area contributed by atoms with Crippen LogP contribution < -0.4 is 0 Å². The maximum atomic E-state index is 11.5. The highest BCUT2D eigenvalue weighted by atomic mass is 16.4. The molecule has 0 saturated heterocycles. The number of carboxylic acids is 2. The molecule has 2 aromatic carbocycles. The molecule has 2 aliphatic rings. The summed E-state index contributed by atoms with van der Waals surface area (Å²) in [6, 6.07) is 17.5. The smallest absolute Gasteiger partial charge is 0.340 e. The quantitative estimate of drug-likeness (QED) is 0.470. The second-order valence-electron chi connectivity index (χ2n) is 9.54. The van der Waals surface area contributed by atoms with E-state index in [1.54, 1.807) is 48.5 Å². The lowest BCUT2D eigenvalue weighted by Crippen LogP contribution is -2.43. The largest absolute Gasteiger partial charge is 0.479 e. The van der Waals surface area contributed by atoms with Gasteiger partial charge in [0.05, 0.1) is 0 Å². The number of aliphatic carboxylic acids is 2. The Morgan fingerprint density at radius 3 is 1.12 bits per heavy atom. The van der Waals surface area contributed by atoms with Crippen LogP contribution in [0.2, 0.25) is 0 Å². The van der Waals surface area contributed by atoms with E-state index in [2.05, 4.69) is 0 Å². The first-order valence-electron chi connectivity index (χ1n) is 12.3. The first kappa shape index (κ1) is 25.9. The van der Waals surface area contributed by atoms with E-state index in [4.69, 9.17) is 0 Å². The predicted molar refractivity (Wildman–Crippen MR) is 129 cm³/mol. The molecule has 0 heterocycles. The molecule has 0 radical (unpaired) electrons. The third-order valence-corrected chi connectivity index (χ3v) is 7.47. The van der Waals surface area contributed by atoms with Crippen molar-refractivity contribution in [2.75, 3.05) is 0 Å². The number of carbonyl (C=O) groups is 2. The summed E-state index contributed by atoms with van der Waals surface area (Å²) in [5.41, 5.74) is -2.44. The van der Waals surface area contributed by atoms with Crippen molar-refractivity contribution in [3.63, 3.8) is 0 Å². The van der Waals surface area contributed by atoms with Crippen LogP contribution >= 0.6 is 0 Å². The van der Waals surface area contributed by atoms with Crippen molar-refractivity contribution >= 4 is 11.9 Å². The molecule has 2 saturated carbocycles. The summed E-state index contributed by atoms with van der Waals surface area (Å²) in [6.45, 7) is 0. The number of hydrogen-bond acceptors (Lipinski definition) is 4. The minimum atomic E-state index is -1.72. The average molecular weight is 469 g/mol. The molecule has 4 N–H and O–H groups in total. The minimum absolute atomic E-state index is 0.170. The van der Waals surface area contributed by atoms with Crippen LogP contribution in [0.15, 0.2) is 60.7 Å². The lowest BCUT2D eigenvalue weighted by atomic mass is 9.73. The van der Waals surface area contributed by atoms with E-state index in [1.165, 1.54) is 0 Å². The van der Waals surface area contributed by atoms with Crippen molar-refractivity contribution in [1.29, 1.82) is 0 Å². The maximum absolute atomic E-state index is 11.5. The van der Waals surface area contributed by atoms with Crippen molar-refractivity contribution in [2.45, 2.75) is 75.4 Å². The Kier molecular flexibility index (Phi) is 8.86. The molecule has 0 spiro atoms. The maximum Gasteiger partial charge on any atom is 0.340 e. The van der Waals surface area contributed by atoms with Gasteiger partial charge in [-0.25, -0.2) is 9.59 Å². The van der Waals surface area contributed by atoms with Gasteiger partial charge in [0.15, 0.2) is 11.2 Å². The first-order chi connectivity index (χ1) is 16.3. The molecular formula is C28H36O6. The number of aliphatic hydroxyl groups is 2. The van der Waals surface area contributed by atoms with Crippen LogP contribution in [-0.4, -0.2) is 32.4 Å². The highest BCUT2D eigenvalue weighted by Crippen LogP contribution is 2.40. The van der Waals surface area contributed by atoms with Gasteiger partial charge in [0.1, 0.15) is 0 Å². The summed E-state index contributed by atoms with van der Waals surface area (Å²) in [4.78, 5) is 22.9. The van der Waals surface area contributed by atoms with Gasteiger partial charge < -0.3 is 20.4 Å². The van der Waals surface area contributed by atoms with Gasteiger partial charge in [-0.3, -0.25) is 0 Å². The van der Waals surface area contributed by atoms with Gasteiger partial charge in [-0.1, -0.05) is 99.2 Å². The molecule has 0 aliphatic heterocycles. The zero-order valence-electron chi connectivity index (χ0n) is 19.6. The second kappa shape index (κ2) is 11.6. The van der Waals surface area contributed by atoms with Gasteiger partial charge in [0.25, 0.3) is 0 Å².